The van der Waals surface area contributed by atoms with Gasteiger partial charge in [-0.25, -0.2) is 0 Å². The van der Waals surface area contributed by atoms with Gasteiger partial charge in [0.1, 0.15) is 6.10 Å². The summed E-state index contributed by atoms with van der Waals surface area (Å²) in [5, 5.41) is 11.0. The van der Waals surface area contributed by atoms with Crippen LogP contribution in [-0.2, 0) is 0 Å². The first-order valence-electron chi connectivity index (χ1n) is 5.27. The summed E-state index contributed by atoms with van der Waals surface area (Å²) in [6.45, 7) is 1.98. The molecule has 1 N–H and O–H groups in total. The van der Waals surface area contributed by atoms with E-state index in [9.17, 15) is 5.11 Å². The first-order chi connectivity index (χ1) is 8.08. The van der Waals surface area contributed by atoms with Crippen LogP contribution in [0.25, 0.3) is 0 Å². The van der Waals surface area contributed by atoms with Crippen molar-refractivity contribution < 1.29 is 5.11 Å². The maximum atomic E-state index is 10.3. The Morgan fingerprint density at radius 3 is 2.53 bits per heavy atom. The minimum Gasteiger partial charge on any atom is -0.384 e. The van der Waals surface area contributed by atoms with Crippen LogP contribution in [0.5, 0.6) is 0 Å². The number of aliphatic hydroxyl groups is 1. The third-order valence-corrected chi connectivity index (χ3v) is 3.36. The lowest BCUT2D eigenvalue weighted by Crippen LogP contribution is -2.01. The van der Waals surface area contributed by atoms with E-state index in [2.05, 4.69) is 15.9 Å². The number of hydrogen-bond donors (Lipinski definition) is 1. The third kappa shape index (κ3) is 2.89. The van der Waals surface area contributed by atoms with E-state index < -0.39 is 6.10 Å². The number of rotatable bonds is 2. The molecule has 0 fully saturated rings. The number of aliphatic hydroxyl groups excluding tert-OH is 1. The highest BCUT2D eigenvalue weighted by Crippen LogP contribution is 2.29. The summed E-state index contributed by atoms with van der Waals surface area (Å²) in [4.78, 5) is 0. The van der Waals surface area contributed by atoms with Gasteiger partial charge in [0, 0.05) is 9.50 Å². The van der Waals surface area contributed by atoms with Crippen LogP contribution < -0.4 is 0 Å². The van der Waals surface area contributed by atoms with Gasteiger partial charge in [-0.15, -0.1) is 0 Å². The molecule has 0 aliphatic heterocycles. The van der Waals surface area contributed by atoms with Crippen LogP contribution in [0.2, 0.25) is 5.02 Å². The van der Waals surface area contributed by atoms with Gasteiger partial charge in [-0.1, -0.05) is 51.8 Å². The zero-order valence-corrected chi connectivity index (χ0v) is 11.7. The van der Waals surface area contributed by atoms with E-state index in [1.807, 2.05) is 37.3 Å². The summed E-state index contributed by atoms with van der Waals surface area (Å²) < 4.78 is 0.868. The summed E-state index contributed by atoms with van der Waals surface area (Å²) >= 11 is 9.36. The predicted octanol–water partition coefficient (Wildman–Crippen LogP) is 4.49. The molecule has 1 unspecified atom stereocenters. The van der Waals surface area contributed by atoms with Crippen molar-refractivity contribution in [3.8, 4) is 0 Å². The topological polar surface area (TPSA) is 20.2 Å². The Morgan fingerprint density at radius 1 is 1.18 bits per heavy atom. The van der Waals surface area contributed by atoms with Crippen LogP contribution in [0, 0.1) is 6.92 Å². The molecule has 0 aliphatic carbocycles. The number of hydrogen-bond acceptors (Lipinski definition) is 1. The van der Waals surface area contributed by atoms with Crippen LogP contribution in [0.1, 0.15) is 22.8 Å². The van der Waals surface area contributed by atoms with Crippen molar-refractivity contribution in [3.63, 3.8) is 0 Å². The van der Waals surface area contributed by atoms with E-state index in [4.69, 9.17) is 11.6 Å². The lowest BCUT2D eigenvalue weighted by molar-refractivity contribution is 0.219. The lowest BCUT2D eigenvalue weighted by atomic mass is 9.98. The van der Waals surface area contributed by atoms with Gasteiger partial charge >= 0.3 is 0 Å². The van der Waals surface area contributed by atoms with Crippen molar-refractivity contribution in [3.05, 3.63) is 68.7 Å². The molecule has 2 aromatic carbocycles. The van der Waals surface area contributed by atoms with Crippen molar-refractivity contribution in [1.29, 1.82) is 0 Å². The molecule has 1 atom stereocenters. The molecule has 88 valence electrons. The first kappa shape index (κ1) is 12.6. The molecule has 0 aliphatic rings. The monoisotopic (exact) mass is 310 g/mol. The van der Waals surface area contributed by atoms with Gasteiger partial charge < -0.3 is 5.11 Å². The molecule has 0 amide bonds. The van der Waals surface area contributed by atoms with Crippen molar-refractivity contribution >= 4 is 27.5 Å². The summed E-state index contributed by atoms with van der Waals surface area (Å²) in [5.74, 6) is 0. The molecular formula is C14H12BrClO. The highest BCUT2D eigenvalue weighted by molar-refractivity contribution is 9.10. The molecule has 0 heterocycles. The van der Waals surface area contributed by atoms with Gasteiger partial charge in [0.15, 0.2) is 0 Å². The standard InChI is InChI=1S/C14H12BrClO/c1-9-4-2-3-5-13(9)14(17)10-6-11(15)8-12(16)7-10/h2-8,14,17H,1H3. The molecule has 3 heteroatoms. The van der Waals surface area contributed by atoms with Crippen molar-refractivity contribution in [2.75, 3.05) is 0 Å². The zero-order chi connectivity index (χ0) is 12.4. The Labute approximate surface area is 114 Å². The minimum atomic E-state index is -0.647. The van der Waals surface area contributed by atoms with Gasteiger partial charge in [0.2, 0.25) is 0 Å². The minimum absolute atomic E-state index is 0.613. The Bertz CT molecular complexity index is 519. The summed E-state index contributed by atoms with van der Waals surface area (Å²) in [7, 11) is 0. The fraction of sp³-hybridized carbons (Fsp3) is 0.143. The van der Waals surface area contributed by atoms with Gasteiger partial charge in [-0.2, -0.15) is 0 Å². The van der Waals surface area contributed by atoms with E-state index in [0.29, 0.717) is 5.02 Å². The third-order valence-electron chi connectivity index (χ3n) is 2.68. The molecule has 0 saturated heterocycles. The predicted molar refractivity (Wildman–Crippen MR) is 74.4 cm³/mol. The van der Waals surface area contributed by atoms with E-state index in [1.54, 1.807) is 12.1 Å². The highest BCUT2D eigenvalue weighted by Gasteiger charge is 2.13. The van der Waals surface area contributed by atoms with E-state index >= 15 is 0 Å². The maximum absolute atomic E-state index is 10.3. The largest absolute Gasteiger partial charge is 0.384 e. The lowest BCUT2D eigenvalue weighted by Gasteiger charge is -2.14. The maximum Gasteiger partial charge on any atom is 0.104 e. The smallest absolute Gasteiger partial charge is 0.104 e. The molecule has 1 nitrogen and oxygen atoms in total. The SMILES string of the molecule is Cc1ccccc1C(O)c1cc(Cl)cc(Br)c1. The average molecular weight is 312 g/mol. The quantitative estimate of drug-likeness (QED) is 0.866. The summed E-state index contributed by atoms with van der Waals surface area (Å²) in [5.41, 5.74) is 2.76. The van der Waals surface area contributed by atoms with Gasteiger partial charge in [0.05, 0.1) is 0 Å². The second kappa shape index (κ2) is 5.21. The van der Waals surface area contributed by atoms with Gasteiger partial charge in [-0.05, 0) is 41.8 Å². The Kier molecular flexibility index (Phi) is 3.87. The van der Waals surface area contributed by atoms with E-state index in [0.717, 1.165) is 21.2 Å². The molecule has 0 aromatic heterocycles. The van der Waals surface area contributed by atoms with E-state index in [-0.39, 0.29) is 0 Å². The van der Waals surface area contributed by atoms with Crippen molar-refractivity contribution in [2.24, 2.45) is 0 Å². The van der Waals surface area contributed by atoms with Crippen LogP contribution >= 0.6 is 27.5 Å². The van der Waals surface area contributed by atoms with Crippen LogP contribution in [0.4, 0.5) is 0 Å². The molecule has 0 radical (unpaired) electrons. The van der Waals surface area contributed by atoms with Gasteiger partial charge in [0.25, 0.3) is 0 Å². The fourth-order valence-electron chi connectivity index (χ4n) is 1.81. The summed E-state index contributed by atoms with van der Waals surface area (Å²) in [6, 6.07) is 13.2. The molecule has 17 heavy (non-hydrogen) atoms. The first-order valence-corrected chi connectivity index (χ1v) is 6.44. The Hall–Kier alpha value is -0.830. The van der Waals surface area contributed by atoms with Gasteiger partial charge in [-0.3, -0.25) is 0 Å². The van der Waals surface area contributed by atoms with Crippen molar-refractivity contribution in [2.45, 2.75) is 13.0 Å². The van der Waals surface area contributed by atoms with E-state index in [1.165, 1.54) is 0 Å². The Balaban J connectivity index is 2.43. The second-order valence-electron chi connectivity index (χ2n) is 3.96. The summed E-state index contributed by atoms with van der Waals surface area (Å²) in [6.07, 6.45) is -0.647. The number of benzene rings is 2. The highest BCUT2D eigenvalue weighted by atomic mass is 79.9. The molecule has 0 bridgehead atoms. The number of aryl methyl sites for hydroxylation is 1. The molecule has 2 rings (SSSR count). The zero-order valence-electron chi connectivity index (χ0n) is 9.32. The molecule has 0 spiro atoms. The fourth-order valence-corrected chi connectivity index (χ4v) is 2.69. The molecule has 0 saturated carbocycles. The normalized spacial score (nSPS) is 12.5. The molecule has 2 aromatic rings. The number of halogens is 2. The Morgan fingerprint density at radius 2 is 1.88 bits per heavy atom. The van der Waals surface area contributed by atoms with Crippen LogP contribution in [0.15, 0.2) is 46.9 Å². The molecular weight excluding hydrogens is 300 g/mol. The average Bonchev–Trinajstić information content (AvgIpc) is 2.27. The second-order valence-corrected chi connectivity index (χ2v) is 5.31. The van der Waals surface area contributed by atoms with Crippen LogP contribution in [0.3, 0.4) is 0 Å². The van der Waals surface area contributed by atoms with Crippen molar-refractivity contribution in [1.82, 2.24) is 0 Å². The van der Waals surface area contributed by atoms with Crippen LogP contribution in [-0.4, -0.2) is 5.11 Å².